The van der Waals surface area contributed by atoms with Crippen LogP contribution in [0.1, 0.15) is 69.9 Å². The topological polar surface area (TPSA) is 46.2 Å². The van der Waals surface area contributed by atoms with Crippen LogP contribution in [0.2, 0.25) is 0 Å². The Kier molecular flexibility index (Phi) is 5.10. The maximum Gasteiger partial charge on any atom is 0.221 e. The summed E-state index contributed by atoms with van der Waals surface area (Å²) in [5.41, 5.74) is 2.21. The minimum atomic E-state index is -3.36. The lowest BCUT2D eigenvalue weighted by molar-refractivity contribution is 0.539. The first-order valence-corrected chi connectivity index (χ1v) is 9.46. The average Bonchev–Trinajstić information content (AvgIpc) is 2.99. The standard InChI is InChI=1S/C17H27NO2S/c1-4-13-18-21(19,20)17(2,3)16-11-9-15(10-12-16)14-7-5-6-8-14/h9-12,14,18H,4-8,13H2,1-3H3. The Hall–Kier alpha value is -0.870. The van der Waals surface area contributed by atoms with Gasteiger partial charge in [-0.05, 0) is 50.2 Å². The molecule has 0 bridgehead atoms. The van der Waals surface area contributed by atoms with Crippen molar-refractivity contribution in [1.82, 2.24) is 4.72 Å². The van der Waals surface area contributed by atoms with E-state index in [9.17, 15) is 8.42 Å². The molecule has 0 atom stereocenters. The van der Waals surface area contributed by atoms with E-state index in [-0.39, 0.29) is 0 Å². The molecule has 1 N–H and O–H groups in total. The molecule has 3 nitrogen and oxygen atoms in total. The van der Waals surface area contributed by atoms with Gasteiger partial charge in [0, 0.05) is 6.54 Å². The SMILES string of the molecule is CCCNS(=O)(=O)C(C)(C)c1ccc(C2CCCC2)cc1. The van der Waals surface area contributed by atoms with Gasteiger partial charge < -0.3 is 0 Å². The molecule has 118 valence electrons. The van der Waals surface area contributed by atoms with E-state index in [0.717, 1.165) is 12.0 Å². The van der Waals surface area contributed by atoms with Crippen molar-refractivity contribution in [3.8, 4) is 0 Å². The molecule has 1 aliphatic rings. The van der Waals surface area contributed by atoms with Crippen molar-refractivity contribution in [3.63, 3.8) is 0 Å². The predicted molar refractivity (Wildman–Crippen MR) is 87.9 cm³/mol. The highest BCUT2D eigenvalue weighted by Crippen LogP contribution is 2.36. The van der Waals surface area contributed by atoms with Crippen LogP contribution in [0.4, 0.5) is 0 Å². The van der Waals surface area contributed by atoms with E-state index >= 15 is 0 Å². The molecule has 0 spiro atoms. The number of benzene rings is 1. The van der Waals surface area contributed by atoms with Crippen LogP contribution in [-0.2, 0) is 14.8 Å². The van der Waals surface area contributed by atoms with Crippen LogP contribution in [0.3, 0.4) is 0 Å². The zero-order chi connectivity index (χ0) is 15.5. The van der Waals surface area contributed by atoms with Crippen LogP contribution in [0.25, 0.3) is 0 Å². The van der Waals surface area contributed by atoms with Crippen molar-refractivity contribution >= 4 is 10.0 Å². The van der Waals surface area contributed by atoms with E-state index in [0.29, 0.717) is 12.5 Å². The van der Waals surface area contributed by atoms with Gasteiger partial charge >= 0.3 is 0 Å². The monoisotopic (exact) mass is 309 g/mol. The molecule has 1 aromatic carbocycles. The molecule has 1 aliphatic carbocycles. The van der Waals surface area contributed by atoms with Crippen molar-refractivity contribution in [2.24, 2.45) is 0 Å². The molecule has 0 aromatic heterocycles. The minimum absolute atomic E-state index is 0.492. The van der Waals surface area contributed by atoms with Crippen molar-refractivity contribution in [2.45, 2.75) is 63.5 Å². The van der Waals surface area contributed by atoms with Gasteiger partial charge in [0.2, 0.25) is 10.0 Å². The number of hydrogen-bond acceptors (Lipinski definition) is 2. The molecule has 0 unspecified atom stereocenters. The second kappa shape index (κ2) is 6.49. The highest BCUT2D eigenvalue weighted by Gasteiger charge is 2.35. The number of nitrogens with one attached hydrogen (secondary N) is 1. The van der Waals surface area contributed by atoms with Crippen molar-refractivity contribution in [3.05, 3.63) is 35.4 Å². The van der Waals surface area contributed by atoms with Gasteiger partial charge in [0.05, 0.1) is 0 Å². The van der Waals surface area contributed by atoms with Gasteiger partial charge in [0.25, 0.3) is 0 Å². The molecule has 1 saturated carbocycles. The Morgan fingerprint density at radius 3 is 2.24 bits per heavy atom. The third kappa shape index (κ3) is 3.49. The number of sulfonamides is 1. The summed E-state index contributed by atoms with van der Waals surface area (Å²) in [6.45, 7) is 6.00. The van der Waals surface area contributed by atoms with Crippen LogP contribution >= 0.6 is 0 Å². The molecule has 0 saturated heterocycles. The molecule has 4 heteroatoms. The van der Waals surface area contributed by atoms with Crippen LogP contribution in [0.15, 0.2) is 24.3 Å². The van der Waals surface area contributed by atoms with E-state index in [1.165, 1.54) is 31.2 Å². The summed E-state index contributed by atoms with van der Waals surface area (Å²) in [7, 11) is -3.36. The fourth-order valence-corrected chi connectivity index (χ4v) is 4.27. The summed E-state index contributed by atoms with van der Waals surface area (Å²) in [6, 6.07) is 8.20. The average molecular weight is 309 g/mol. The summed E-state index contributed by atoms with van der Waals surface area (Å²) in [6.07, 6.45) is 5.95. The highest BCUT2D eigenvalue weighted by molar-refractivity contribution is 7.90. The Labute approximate surface area is 129 Å². The first-order valence-electron chi connectivity index (χ1n) is 7.98. The highest BCUT2D eigenvalue weighted by atomic mass is 32.2. The lowest BCUT2D eigenvalue weighted by Crippen LogP contribution is -2.40. The van der Waals surface area contributed by atoms with Crippen LogP contribution in [0, 0.1) is 0 Å². The summed E-state index contributed by atoms with van der Waals surface area (Å²) in [5.74, 6) is 0.664. The minimum Gasteiger partial charge on any atom is -0.214 e. The largest absolute Gasteiger partial charge is 0.221 e. The smallest absolute Gasteiger partial charge is 0.214 e. The van der Waals surface area contributed by atoms with Gasteiger partial charge in [0.15, 0.2) is 0 Å². The lowest BCUT2D eigenvalue weighted by Gasteiger charge is -2.26. The Morgan fingerprint density at radius 1 is 1.14 bits per heavy atom. The third-order valence-corrected chi connectivity index (χ3v) is 6.81. The summed E-state index contributed by atoms with van der Waals surface area (Å²) < 4.78 is 26.7. The number of rotatable bonds is 6. The van der Waals surface area contributed by atoms with Gasteiger partial charge in [-0.15, -0.1) is 0 Å². The third-order valence-electron chi connectivity index (χ3n) is 4.65. The summed E-state index contributed by atoms with van der Waals surface area (Å²) >= 11 is 0. The van der Waals surface area contributed by atoms with Crippen molar-refractivity contribution in [2.75, 3.05) is 6.54 Å². The first-order chi connectivity index (χ1) is 9.88. The molecule has 0 radical (unpaired) electrons. The molecule has 0 aliphatic heterocycles. The van der Waals surface area contributed by atoms with Gasteiger partial charge in [-0.25, -0.2) is 13.1 Å². The van der Waals surface area contributed by atoms with Crippen molar-refractivity contribution in [1.29, 1.82) is 0 Å². The van der Waals surface area contributed by atoms with E-state index in [2.05, 4.69) is 16.9 Å². The second-order valence-corrected chi connectivity index (χ2v) is 8.83. The Bertz CT molecular complexity index is 555. The molecular weight excluding hydrogens is 282 g/mol. The lowest BCUT2D eigenvalue weighted by atomic mass is 9.94. The van der Waals surface area contributed by atoms with E-state index < -0.39 is 14.8 Å². The zero-order valence-electron chi connectivity index (χ0n) is 13.4. The van der Waals surface area contributed by atoms with E-state index in [4.69, 9.17) is 0 Å². The fourth-order valence-electron chi connectivity index (χ4n) is 2.99. The first kappa shape index (κ1) is 16.5. The zero-order valence-corrected chi connectivity index (χ0v) is 14.2. The Balaban J connectivity index is 2.20. The molecule has 0 heterocycles. The summed E-state index contributed by atoms with van der Waals surface area (Å²) in [5, 5.41) is 0. The van der Waals surface area contributed by atoms with Crippen LogP contribution < -0.4 is 4.72 Å². The molecule has 1 fully saturated rings. The second-order valence-electron chi connectivity index (χ2n) is 6.51. The van der Waals surface area contributed by atoms with Gasteiger partial charge in [0.1, 0.15) is 4.75 Å². The molecule has 2 rings (SSSR count). The normalized spacial score (nSPS) is 17.3. The van der Waals surface area contributed by atoms with Gasteiger partial charge in [-0.3, -0.25) is 0 Å². The van der Waals surface area contributed by atoms with Crippen molar-refractivity contribution < 1.29 is 8.42 Å². The van der Waals surface area contributed by atoms with Crippen LogP contribution in [-0.4, -0.2) is 15.0 Å². The maximum atomic E-state index is 12.4. The molecular formula is C17H27NO2S. The summed E-state index contributed by atoms with van der Waals surface area (Å²) in [4.78, 5) is 0. The predicted octanol–water partition coefficient (Wildman–Crippen LogP) is 3.91. The van der Waals surface area contributed by atoms with E-state index in [1.807, 2.05) is 19.1 Å². The van der Waals surface area contributed by atoms with Crippen LogP contribution in [0.5, 0.6) is 0 Å². The molecule has 1 aromatic rings. The quantitative estimate of drug-likeness (QED) is 0.866. The maximum absolute atomic E-state index is 12.4. The number of hydrogen-bond donors (Lipinski definition) is 1. The molecule has 21 heavy (non-hydrogen) atoms. The Morgan fingerprint density at radius 2 is 1.71 bits per heavy atom. The van der Waals surface area contributed by atoms with E-state index in [1.54, 1.807) is 13.8 Å². The molecule has 0 amide bonds. The van der Waals surface area contributed by atoms with Gasteiger partial charge in [-0.1, -0.05) is 44.0 Å². The van der Waals surface area contributed by atoms with Gasteiger partial charge in [-0.2, -0.15) is 0 Å². The fraction of sp³-hybridized carbons (Fsp3) is 0.647.